The van der Waals surface area contributed by atoms with Crippen LogP contribution >= 0.6 is 0 Å². The molecule has 130 valence electrons. The standard InChI is InChI=1S/C18H18N2O4S/c1-13-3-8-16-17(9-10-19-18(16)20-13)24-12-11-23-14-4-6-15(7-5-14)25(2,21)22/h3-10H,11-12H2,1-2H3. The fraction of sp³-hybridized carbons (Fsp3) is 0.222. The van der Waals surface area contributed by atoms with Gasteiger partial charge in [-0.1, -0.05) is 0 Å². The molecule has 6 nitrogen and oxygen atoms in total. The lowest BCUT2D eigenvalue weighted by atomic mass is 10.2. The molecule has 2 heterocycles. The Bertz CT molecular complexity index is 986. The molecular weight excluding hydrogens is 340 g/mol. The zero-order chi connectivity index (χ0) is 17.9. The van der Waals surface area contributed by atoms with Gasteiger partial charge in [0.1, 0.15) is 24.7 Å². The van der Waals surface area contributed by atoms with Gasteiger partial charge < -0.3 is 9.47 Å². The van der Waals surface area contributed by atoms with Gasteiger partial charge in [-0.05, 0) is 49.4 Å². The van der Waals surface area contributed by atoms with Crippen molar-refractivity contribution in [3.8, 4) is 11.5 Å². The highest BCUT2D eigenvalue weighted by molar-refractivity contribution is 7.90. The topological polar surface area (TPSA) is 78.4 Å². The van der Waals surface area contributed by atoms with E-state index in [1.807, 2.05) is 19.1 Å². The average molecular weight is 358 g/mol. The van der Waals surface area contributed by atoms with Gasteiger partial charge in [0, 0.05) is 18.1 Å². The molecule has 0 spiro atoms. The molecule has 0 radical (unpaired) electrons. The van der Waals surface area contributed by atoms with Crippen molar-refractivity contribution in [2.75, 3.05) is 19.5 Å². The molecule has 0 saturated heterocycles. The number of pyridine rings is 2. The Morgan fingerprint density at radius 3 is 2.40 bits per heavy atom. The predicted molar refractivity (Wildman–Crippen MR) is 94.8 cm³/mol. The summed E-state index contributed by atoms with van der Waals surface area (Å²) in [4.78, 5) is 8.87. The lowest BCUT2D eigenvalue weighted by Crippen LogP contribution is -2.09. The van der Waals surface area contributed by atoms with E-state index < -0.39 is 9.84 Å². The molecule has 0 bridgehead atoms. The van der Waals surface area contributed by atoms with Crippen LogP contribution in [0.25, 0.3) is 11.0 Å². The normalized spacial score (nSPS) is 11.4. The summed E-state index contributed by atoms with van der Waals surface area (Å²) < 4.78 is 34.2. The van der Waals surface area contributed by atoms with Crippen LogP contribution in [0.2, 0.25) is 0 Å². The van der Waals surface area contributed by atoms with Crippen LogP contribution in [0.1, 0.15) is 5.69 Å². The number of ether oxygens (including phenoxy) is 2. The number of hydrogen-bond donors (Lipinski definition) is 0. The summed E-state index contributed by atoms with van der Waals surface area (Å²) in [5.41, 5.74) is 1.55. The first-order valence-electron chi connectivity index (χ1n) is 7.71. The van der Waals surface area contributed by atoms with Gasteiger partial charge in [0.2, 0.25) is 0 Å². The van der Waals surface area contributed by atoms with Crippen molar-refractivity contribution in [3.63, 3.8) is 0 Å². The highest BCUT2D eigenvalue weighted by Crippen LogP contribution is 2.22. The zero-order valence-electron chi connectivity index (χ0n) is 14.0. The molecule has 7 heteroatoms. The van der Waals surface area contributed by atoms with E-state index in [-0.39, 0.29) is 4.90 Å². The van der Waals surface area contributed by atoms with Crippen molar-refractivity contribution in [1.29, 1.82) is 0 Å². The molecule has 3 rings (SSSR count). The van der Waals surface area contributed by atoms with Gasteiger partial charge in [-0.2, -0.15) is 0 Å². The molecule has 0 atom stereocenters. The lowest BCUT2D eigenvalue weighted by Gasteiger charge is -2.10. The summed E-state index contributed by atoms with van der Waals surface area (Å²) in [5, 5.41) is 0.852. The molecule has 3 aromatic rings. The first kappa shape index (κ1) is 17.2. The number of rotatable bonds is 6. The van der Waals surface area contributed by atoms with E-state index in [1.54, 1.807) is 24.4 Å². The van der Waals surface area contributed by atoms with Gasteiger partial charge >= 0.3 is 0 Å². The van der Waals surface area contributed by atoms with Crippen molar-refractivity contribution in [2.45, 2.75) is 11.8 Å². The summed E-state index contributed by atoms with van der Waals surface area (Å²) in [6.07, 6.45) is 2.83. The number of nitrogens with zero attached hydrogens (tertiary/aromatic N) is 2. The quantitative estimate of drug-likeness (QED) is 0.631. The van der Waals surface area contributed by atoms with Crippen molar-refractivity contribution < 1.29 is 17.9 Å². The number of benzene rings is 1. The average Bonchev–Trinajstić information content (AvgIpc) is 2.58. The van der Waals surface area contributed by atoms with Crippen LogP contribution in [0.4, 0.5) is 0 Å². The minimum atomic E-state index is -3.20. The van der Waals surface area contributed by atoms with Crippen LogP contribution in [-0.2, 0) is 9.84 Å². The van der Waals surface area contributed by atoms with Gasteiger partial charge in [0.25, 0.3) is 0 Å². The highest BCUT2D eigenvalue weighted by Gasteiger charge is 2.07. The molecule has 0 aliphatic heterocycles. The first-order chi connectivity index (χ1) is 11.9. The molecule has 0 unspecified atom stereocenters. The summed E-state index contributed by atoms with van der Waals surface area (Å²) in [6.45, 7) is 2.60. The third kappa shape index (κ3) is 4.24. The van der Waals surface area contributed by atoms with Gasteiger partial charge in [-0.15, -0.1) is 0 Å². The van der Waals surface area contributed by atoms with E-state index in [0.29, 0.717) is 30.4 Å². The SMILES string of the molecule is Cc1ccc2c(OCCOc3ccc(S(C)(=O)=O)cc3)ccnc2n1. The lowest BCUT2D eigenvalue weighted by molar-refractivity contribution is 0.218. The Hall–Kier alpha value is -2.67. The molecule has 0 saturated carbocycles. The maximum absolute atomic E-state index is 11.4. The van der Waals surface area contributed by atoms with Gasteiger partial charge in [-0.25, -0.2) is 18.4 Å². The van der Waals surface area contributed by atoms with E-state index in [9.17, 15) is 8.42 Å². The molecule has 0 amide bonds. The zero-order valence-corrected chi connectivity index (χ0v) is 14.8. The molecule has 0 aliphatic rings. The van der Waals surface area contributed by atoms with Crippen molar-refractivity contribution in [2.24, 2.45) is 0 Å². The Labute approximate surface area is 146 Å². The van der Waals surface area contributed by atoms with Crippen molar-refractivity contribution in [3.05, 3.63) is 54.4 Å². The van der Waals surface area contributed by atoms with Crippen molar-refractivity contribution in [1.82, 2.24) is 9.97 Å². The third-order valence-corrected chi connectivity index (χ3v) is 4.69. The third-order valence-electron chi connectivity index (χ3n) is 3.56. The minimum Gasteiger partial charge on any atom is -0.490 e. The number of sulfone groups is 1. The van der Waals surface area contributed by atoms with E-state index in [2.05, 4.69) is 9.97 Å². The summed E-state index contributed by atoms with van der Waals surface area (Å²) in [6, 6.07) is 11.9. The first-order valence-corrected chi connectivity index (χ1v) is 9.61. The monoisotopic (exact) mass is 358 g/mol. The van der Waals surface area contributed by atoms with E-state index in [4.69, 9.17) is 9.47 Å². The van der Waals surface area contributed by atoms with Gasteiger partial charge in [-0.3, -0.25) is 0 Å². The molecule has 1 aromatic carbocycles. The van der Waals surface area contributed by atoms with Crippen LogP contribution in [-0.4, -0.2) is 37.9 Å². The second-order valence-electron chi connectivity index (χ2n) is 5.57. The van der Waals surface area contributed by atoms with Crippen molar-refractivity contribution >= 4 is 20.9 Å². The van der Waals surface area contributed by atoms with E-state index in [1.165, 1.54) is 18.4 Å². The maximum atomic E-state index is 11.4. The number of aryl methyl sites for hydroxylation is 1. The molecule has 0 N–H and O–H groups in total. The Kier molecular flexibility index (Phi) is 4.85. The molecule has 25 heavy (non-hydrogen) atoms. The van der Waals surface area contributed by atoms with Crippen LogP contribution in [0.3, 0.4) is 0 Å². The van der Waals surface area contributed by atoms with Crippen LogP contribution in [0.15, 0.2) is 53.6 Å². The van der Waals surface area contributed by atoms with Gasteiger partial charge in [0.05, 0.1) is 10.3 Å². The Balaban J connectivity index is 1.59. The largest absolute Gasteiger partial charge is 0.490 e. The number of hydrogen-bond acceptors (Lipinski definition) is 6. The van der Waals surface area contributed by atoms with E-state index >= 15 is 0 Å². The van der Waals surface area contributed by atoms with Crippen LogP contribution in [0, 0.1) is 6.92 Å². The summed E-state index contributed by atoms with van der Waals surface area (Å²) >= 11 is 0. The molecular formula is C18H18N2O4S. The van der Waals surface area contributed by atoms with Crippen LogP contribution < -0.4 is 9.47 Å². The smallest absolute Gasteiger partial charge is 0.175 e. The number of fused-ring (bicyclic) bond motifs is 1. The summed E-state index contributed by atoms with van der Waals surface area (Å²) in [5.74, 6) is 1.29. The predicted octanol–water partition coefficient (Wildman–Crippen LogP) is 2.80. The second-order valence-corrected chi connectivity index (χ2v) is 7.59. The Morgan fingerprint density at radius 1 is 0.960 bits per heavy atom. The number of aromatic nitrogens is 2. The molecule has 2 aromatic heterocycles. The van der Waals surface area contributed by atoms with Crippen LogP contribution in [0.5, 0.6) is 11.5 Å². The molecule has 0 fully saturated rings. The maximum Gasteiger partial charge on any atom is 0.175 e. The fourth-order valence-corrected chi connectivity index (χ4v) is 2.95. The van der Waals surface area contributed by atoms with Gasteiger partial charge in [0.15, 0.2) is 15.5 Å². The summed E-state index contributed by atoms with van der Waals surface area (Å²) in [7, 11) is -3.20. The highest BCUT2D eigenvalue weighted by atomic mass is 32.2. The Morgan fingerprint density at radius 2 is 1.68 bits per heavy atom. The minimum absolute atomic E-state index is 0.266. The second kappa shape index (κ2) is 7.06. The fourth-order valence-electron chi connectivity index (χ4n) is 2.32. The molecule has 0 aliphatic carbocycles. The van der Waals surface area contributed by atoms with E-state index in [0.717, 1.165) is 11.1 Å².